The molecule has 0 radical (unpaired) electrons. The number of Topliss-reactive ketones (excluding diaryl/α,β-unsaturated/α-hetero) is 1. The molecule has 1 atom stereocenters. The lowest BCUT2D eigenvalue weighted by Gasteiger charge is -2.09. The summed E-state index contributed by atoms with van der Waals surface area (Å²) in [7, 11) is -4.27. The molecule has 3 aromatic rings. The molecule has 0 aromatic heterocycles. The maximum absolute atomic E-state index is 11.9. The van der Waals surface area contributed by atoms with Gasteiger partial charge in [-0.3, -0.25) is 4.79 Å². The Labute approximate surface area is 166 Å². The zero-order valence-electron chi connectivity index (χ0n) is 14.6. The molecule has 0 fully saturated rings. The number of carbonyl (C=O) groups excluding carboxylic acids is 1. The molecule has 3 aromatic carbocycles. The minimum Gasteiger partial charge on any atom is -0.744 e. The highest BCUT2D eigenvalue weighted by Crippen LogP contribution is 2.17. The van der Waals surface area contributed by atoms with Gasteiger partial charge in [-0.05, 0) is 24.6 Å². The first-order chi connectivity index (χ1) is 12.8. The minimum absolute atomic E-state index is 0. The zero-order valence-corrected chi connectivity index (χ0v) is 15.5. The SMILES string of the molecule is C.Cc1ccc(S(=O)(=O)[O-])cc1.O=C(c1ccccc1)C(O)c1ccccc1. The molecule has 0 aliphatic heterocycles. The second kappa shape index (κ2) is 10.5. The number of hydrogen-bond acceptors (Lipinski definition) is 5. The first-order valence-electron chi connectivity index (χ1n) is 8.14. The van der Waals surface area contributed by atoms with Crippen molar-refractivity contribution in [1.29, 1.82) is 0 Å². The molecule has 0 spiro atoms. The Morgan fingerprint density at radius 1 is 0.857 bits per heavy atom. The number of ketones is 1. The molecule has 1 N–H and O–H groups in total. The van der Waals surface area contributed by atoms with Gasteiger partial charge in [0.1, 0.15) is 16.2 Å². The Hall–Kier alpha value is -2.80. The highest BCUT2D eigenvalue weighted by atomic mass is 32.2. The Bertz CT molecular complexity index is 966. The van der Waals surface area contributed by atoms with Crippen LogP contribution in [0, 0.1) is 6.92 Å². The van der Waals surface area contributed by atoms with E-state index >= 15 is 0 Å². The molecule has 3 rings (SSSR count). The average molecular weight is 399 g/mol. The van der Waals surface area contributed by atoms with E-state index in [0.717, 1.165) is 5.56 Å². The number of benzene rings is 3. The average Bonchev–Trinajstić information content (AvgIpc) is 2.68. The predicted octanol–water partition coefficient (Wildman–Crippen LogP) is 4.14. The van der Waals surface area contributed by atoms with Gasteiger partial charge < -0.3 is 9.66 Å². The van der Waals surface area contributed by atoms with E-state index in [-0.39, 0.29) is 18.1 Å². The summed E-state index contributed by atoms with van der Waals surface area (Å²) in [5.41, 5.74) is 2.08. The van der Waals surface area contributed by atoms with E-state index in [1.54, 1.807) is 60.7 Å². The quantitative estimate of drug-likeness (QED) is 0.526. The summed E-state index contributed by atoms with van der Waals surface area (Å²) < 4.78 is 31.2. The lowest BCUT2D eigenvalue weighted by molar-refractivity contribution is 0.0747. The Kier molecular flexibility index (Phi) is 8.73. The van der Waals surface area contributed by atoms with Crippen LogP contribution in [-0.2, 0) is 10.1 Å². The maximum atomic E-state index is 11.9. The second-order valence-electron chi connectivity index (χ2n) is 5.81. The van der Waals surface area contributed by atoms with Gasteiger partial charge in [0.15, 0.2) is 5.78 Å². The lowest BCUT2D eigenvalue weighted by atomic mass is 10.0. The van der Waals surface area contributed by atoms with E-state index in [2.05, 4.69) is 0 Å². The number of carbonyl (C=O) groups is 1. The number of aryl methyl sites for hydroxylation is 1. The van der Waals surface area contributed by atoms with Crippen LogP contribution in [0.15, 0.2) is 89.8 Å². The van der Waals surface area contributed by atoms with Crippen molar-refractivity contribution in [3.8, 4) is 0 Å². The molecule has 0 bridgehead atoms. The van der Waals surface area contributed by atoms with E-state index in [0.29, 0.717) is 11.1 Å². The fourth-order valence-electron chi connectivity index (χ4n) is 2.25. The van der Waals surface area contributed by atoms with Gasteiger partial charge in [0.2, 0.25) is 0 Å². The summed E-state index contributed by atoms with van der Waals surface area (Å²) in [5.74, 6) is -0.271. The normalized spacial score (nSPS) is 11.4. The number of aliphatic hydroxyl groups excluding tert-OH is 1. The van der Waals surface area contributed by atoms with Crippen LogP contribution in [-0.4, -0.2) is 23.9 Å². The molecule has 6 heteroatoms. The van der Waals surface area contributed by atoms with Crippen molar-refractivity contribution in [1.82, 2.24) is 0 Å². The topological polar surface area (TPSA) is 94.5 Å². The van der Waals surface area contributed by atoms with Gasteiger partial charge in [-0.25, -0.2) is 8.42 Å². The van der Waals surface area contributed by atoms with Gasteiger partial charge in [-0.2, -0.15) is 0 Å². The first kappa shape index (κ1) is 23.2. The van der Waals surface area contributed by atoms with Crippen LogP contribution in [0.3, 0.4) is 0 Å². The molecular weight excluding hydrogens is 376 g/mol. The Morgan fingerprint density at radius 2 is 1.32 bits per heavy atom. The van der Waals surface area contributed by atoms with Crippen LogP contribution in [0.25, 0.3) is 0 Å². The van der Waals surface area contributed by atoms with Gasteiger partial charge in [-0.1, -0.05) is 85.8 Å². The van der Waals surface area contributed by atoms with Gasteiger partial charge in [0.05, 0.1) is 4.90 Å². The molecule has 148 valence electrons. The predicted molar refractivity (Wildman–Crippen MR) is 108 cm³/mol. The van der Waals surface area contributed by atoms with Crippen LogP contribution < -0.4 is 0 Å². The molecular formula is C22H23O5S-. The largest absolute Gasteiger partial charge is 0.744 e. The summed E-state index contributed by atoms with van der Waals surface area (Å²) in [6, 6.07) is 23.5. The van der Waals surface area contributed by atoms with Crippen LogP contribution >= 0.6 is 0 Å². The third-order valence-electron chi connectivity index (χ3n) is 3.73. The Morgan fingerprint density at radius 3 is 1.79 bits per heavy atom. The first-order valence-corrected chi connectivity index (χ1v) is 9.54. The van der Waals surface area contributed by atoms with Crippen molar-refractivity contribution in [2.24, 2.45) is 0 Å². The van der Waals surface area contributed by atoms with E-state index in [9.17, 15) is 22.9 Å². The molecule has 0 aliphatic rings. The summed E-state index contributed by atoms with van der Waals surface area (Å²) in [6.07, 6.45) is -1.08. The minimum atomic E-state index is -4.27. The van der Waals surface area contributed by atoms with E-state index in [1.165, 1.54) is 12.1 Å². The van der Waals surface area contributed by atoms with Gasteiger partial charge >= 0.3 is 0 Å². The third kappa shape index (κ3) is 6.74. The van der Waals surface area contributed by atoms with Crippen molar-refractivity contribution in [3.05, 3.63) is 102 Å². The molecule has 28 heavy (non-hydrogen) atoms. The highest BCUT2D eigenvalue weighted by Gasteiger charge is 2.18. The number of hydrogen-bond donors (Lipinski definition) is 1. The van der Waals surface area contributed by atoms with Crippen LogP contribution in [0.2, 0.25) is 0 Å². The molecule has 0 saturated carbocycles. The highest BCUT2D eigenvalue weighted by molar-refractivity contribution is 7.85. The summed E-state index contributed by atoms with van der Waals surface area (Å²) in [5, 5.41) is 9.89. The molecule has 0 heterocycles. The van der Waals surface area contributed by atoms with Crippen molar-refractivity contribution >= 4 is 15.9 Å². The molecule has 1 unspecified atom stereocenters. The fraction of sp³-hybridized carbons (Fsp3) is 0.136. The smallest absolute Gasteiger partial charge is 0.195 e. The van der Waals surface area contributed by atoms with Crippen molar-refractivity contribution in [2.45, 2.75) is 25.3 Å². The molecule has 0 saturated heterocycles. The van der Waals surface area contributed by atoms with Crippen LogP contribution in [0.5, 0.6) is 0 Å². The summed E-state index contributed by atoms with van der Waals surface area (Å²) in [4.78, 5) is 11.7. The standard InChI is InChI=1S/C14H12O2.C7H8O3S.CH4/c15-13(11-7-3-1-4-8-11)14(16)12-9-5-2-6-10-12;1-6-2-4-7(5-3-6)11(8,9)10;/h1-10,13,15H;2-5H,1H3,(H,8,9,10);1H4/p-1. The summed E-state index contributed by atoms with van der Waals surface area (Å²) >= 11 is 0. The monoisotopic (exact) mass is 399 g/mol. The number of rotatable bonds is 4. The number of aliphatic hydroxyl groups is 1. The second-order valence-corrected chi connectivity index (χ2v) is 7.19. The Balaban J connectivity index is 0.000000289. The van der Waals surface area contributed by atoms with Crippen molar-refractivity contribution in [3.63, 3.8) is 0 Å². The van der Waals surface area contributed by atoms with Gasteiger partial charge in [-0.15, -0.1) is 0 Å². The fourth-order valence-corrected chi connectivity index (χ4v) is 2.72. The van der Waals surface area contributed by atoms with Gasteiger partial charge in [0.25, 0.3) is 0 Å². The lowest BCUT2D eigenvalue weighted by Crippen LogP contribution is -2.11. The van der Waals surface area contributed by atoms with Crippen LogP contribution in [0.4, 0.5) is 0 Å². The maximum Gasteiger partial charge on any atom is 0.195 e. The third-order valence-corrected chi connectivity index (χ3v) is 4.58. The van der Waals surface area contributed by atoms with Crippen LogP contribution in [0.1, 0.15) is 35.0 Å². The van der Waals surface area contributed by atoms with Crippen molar-refractivity contribution in [2.75, 3.05) is 0 Å². The van der Waals surface area contributed by atoms with Crippen molar-refractivity contribution < 1.29 is 22.9 Å². The molecule has 5 nitrogen and oxygen atoms in total. The van der Waals surface area contributed by atoms with E-state index < -0.39 is 16.2 Å². The zero-order chi connectivity index (χ0) is 19.9. The van der Waals surface area contributed by atoms with Gasteiger partial charge in [0, 0.05) is 5.56 Å². The van der Waals surface area contributed by atoms with E-state index in [4.69, 9.17) is 0 Å². The molecule has 0 aliphatic carbocycles. The molecule has 0 amide bonds. The van der Waals surface area contributed by atoms with E-state index in [1.807, 2.05) is 19.1 Å². The summed E-state index contributed by atoms with van der Waals surface area (Å²) in [6.45, 7) is 1.82.